The molecule has 106 valence electrons. The predicted molar refractivity (Wildman–Crippen MR) is 66.1 cm³/mol. The van der Waals surface area contributed by atoms with Gasteiger partial charge in [0.05, 0.1) is 6.61 Å². The van der Waals surface area contributed by atoms with E-state index in [9.17, 15) is 18.0 Å². The van der Waals surface area contributed by atoms with Gasteiger partial charge < -0.3 is 15.4 Å². The zero-order valence-electron chi connectivity index (χ0n) is 10.4. The molecule has 7 heteroatoms. The molecule has 0 aliphatic heterocycles. The van der Waals surface area contributed by atoms with Crippen LogP contribution in [-0.4, -0.2) is 31.8 Å². The summed E-state index contributed by atoms with van der Waals surface area (Å²) >= 11 is 0. The van der Waals surface area contributed by atoms with E-state index in [0.717, 1.165) is 0 Å². The third kappa shape index (κ3) is 7.30. The second-order valence-electron chi connectivity index (χ2n) is 3.86. The number of amides is 1. The highest BCUT2D eigenvalue weighted by atomic mass is 19.4. The van der Waals surface area contributed by atoms with Crippen LogP contribution in [0.4, 0.5) is 24.5 Å². The summed E-state index contributed by atoms with van der Waals surface area (Å²) in [6, 6.07) is 6.87. The van der Waals surface area contributed by atoms with Crippen molar-refractivity contribution in [3.63, 3.8) is 0 Å². The summed E-state index contributed by atoms with van der Waals surface area (Å²) in [7, 11) is 0. The summed E-state index contributed by atoms with van der Waals surface area (Å²) in [4.78, 5) is 10.9. The molecule has 0 aliphatic carbocycles. The van der Waals surface area contributed by atoms with E-state index < -0.39 is 12.8 Å². The Hall–Kier alpha value is -1.76. The first-order chi connectivity index (χ1) is 8.87. The highest BCUT2D eigenvalue weighted by Crippen LogP contribution is 2.15. The van der Waals surface area contributed by atoms with E-state index in [1.54, 1.807) is 24.3 Å². The van der Waals surface area contributed by atoms with Crippen LogP contribution in [-0.2, 0) is 9.53 Å². The summed E-state index contributed by atoms with van der Waals surface area (Å²) in [5.74, 6) is -0.189. The van der Waals surface area contributed by atoms with Crippen LogP contribution in [0.15, 0.2) is 24.3 Å². The van der Waals surface area contributed by atoms with E-state index in [-0.39, 0.29) is 19.1 Å². The van der Waals surface area contributed by atoms with Crippen molar-refractivity contribution in [3.8, 4) is 0 Å². The third-order valence-electron chi connectivity index (χ3n) is 2.02. The molecule has 0 heterocycles. The molecular formula is C12H15F3N2O2. The van der Waals surface area contributed by atoms with Crippen LogP contribution in [0, 0.1) is 0 Å². The van der Waals surface area contributed by atoms with Gasteiger partial charge in [-0.15, -0.1) is 0 Å². The Balaban J connectivity index is 2.31. The number of benzene rings is 1. The fourth-order valence-corrected chi connectivity index (χ4v) is 1.37. The van der Waals surface area contributed by atoms with Gasteiger partial charge in [-0.2, -0.15) is 13.2 Å². The number of rotatable bonds is 6. The van der Waals surface area contributed by atoms with E-state index in [4.69, 9.17) is 0 Å². The molecule has 0 aromatic heterocycles. The number of nitrogens with one attached hydrogen (secondary N) is 2. The lowest BCUT2D eigenvalue weighted by molar-refractivity contribution is -0.172. The van der Waals surface area contributed by atoms with Crippen molar-refractivity contribution in [2.24, 2.45) is 0 Å². The largest absolute Gasteiger partial charge is 0.411 e. The standard InChI is InChI=1S/C12H15F3N2O2/c1-9(18)17-11-4-2-3-10(7-11)16-5-6-19-8-12(13,14)15/h2-4,7,16H,5-6,8H2,1H3,(H,17,18). The number of halogens is 3. The first-order valence-corrected chi connectivity index (χ1v) is 5.63. The van der Waals surface area contributed by atoms with Gasteiger partial charge in [-0.05, 0) is 18.2 Å². The summed E-state index contributed by atoms with van der Waals surface area (Å²) in [6.07, 6.45) is -4.30. The third-order valence-corrected chi connectivity index (χ3v) is 2.02. The maximum absolute atomic E-state index is 11.8. The van der Waals surface area contributed by atoms with Crippen molar-refractivity contribution in [1.29, 1.82) is 0 Å². The SMILES string of the molecule is CC(=O)Nc1cccc(NCCOCC(F)(F)F)c1. The van der Waals surface area contributed by atoms with Crippen molar-refractivity contribution >= 4 is 17.3 Å². The second-order valence-corrected chi connectivity index (χ2v) is 3.86. The second kappa shape index (κ2) is 6.98. The summed E-state index contributed by atoms with van der Waals surface area (Å²) in [6.45, 7) is 0.342. The van der Waals surface area contributed by atoms with E-state index >= 15 is 0 Å². The highest BCUT2D eigenvalue weighted by molar-refractivity contribution is 5.89. The molecule has 1 rings (SSSR count). The quantitative estimate of drug-likeness (QED) is 0.785. The van der Waals surface area contributed by atoms with Gasteiger partial charge in [-0.1, -0.05) is 6.07 Å². The molecule has 1 amide bonds. The van der Waals surface area contributed by atoms with Gasteiger partial charge in [0.25, 0.3) is 0 Å². The van der Waals surface area contributed by atoms with Crippen LogP contribution in [0.1, 0.15) is 6.92 Å². The van der Waals surface area contributed by atoms with Crippen molar-refractivity contribution in [2.75, 3.05) is 30.4 Å². The molecular weight excluding hydrogens is 261 g/mol. The van der Waals surface area contributed by atoms with Crippen molar-refractivity contribution in [3.05, 3.63) is 24.3 Å². The van der Waals surface area contributed by atoms with E-state index in [2.05, 4.69) is 15.4 Å². The van der Waals surface area contributed by atoms with Gasteiger partial charge in [-0.25, -0.2) is 0 Å². The van der Waals surface area contributed by atoms with Gasteiger partial charge >= 0.3 is 6.18 Å². The molecule has 0 fully saturated rings. The molecule has 0 bridgehead atoms. The minimum Gasteiger partial charge on any atom is -0.383 e. The molecule has 4 nitrogen and oxygen atoms in total. The van der Waals surface area contributed by atoms with Crippen LogP contribution in [0.5, 0.6) is 0 Å². The molecule has 0 saturated heterocycles. The molecule has 0 atom stereocenters. The number of anilines is 2. The number of carbonyl (C=O) groups excluding carboxylic acids is 1. The average molecular weight is 276 g/mol. The molecule has 0 aliphatic rings. The van der Waals surface area contributed by atoms with E-state index in [0.29, 0.717) is 11.4 Å². The summed E-state index contributed by atoms with van der Waals surface area (Å²) in [5.41, 5.74) is 1.32. The molecule has 1 aromatic carbocycles. The van der Waals surface area contributed by atoms with Crippen LogP contribution in [0.2, 0.25) is 0 Å². The van der Waals surface area contributed by atoms with Crippen molar-refractivity contribution < 1.29 is 22.7 Å². The molecule has 0 spiro atoms. The predicted octanol–water partition coefficient (Wildman–Crippen LogP) is 2.64. The maximum atomic E-state index is 11.8. The van der Waals surface area contributed by atoms with Gasteiger partial charge in [0.2, 0.25) is 5.91 Å². The van der Waals surface area contributed by atoms with Gasteiger partial charge in [0, 0.05) is 24.8 Å². The minimum atomic E-state index is -4.30. The Morgan fingerprint density at radius 2 is 2.00 bits per heavy atom. The zero-order chi connectivity index (χ0) is 14.3. The Morgan fingerprint density at radius 3 is 2.63 bits per heavy atom. The lowest BCUT2D eigenvalue weighted by atomic mass is 10.2. The smallest absolute Gasteiger partial charge is 0.383 e. The highest BCUT2D eigenvalue weighted by Gasteiger charge is 2.27. The van der Waals surface area contributed by atoms with E-state index in [1.165, 1.54) is 6.92 Å². The Bertz CT molecular complexity index is 422. The minimum absolute atomic E-state index is 0.0517. The van der Waals surface area contributed by atoms with E-state index in [1.807, 2.05) is 0 Å². The molecule has 0 unspecified atom stereocenters. The Morgan fingerprint density at radius 1 is 1.32 bits per heavy atom. The molecule has 0 saturated carbocycles. The number of ether oxygens (including phenoxy) is 1. The first-order valence-electron chi connectivity index (χ1n) is 5.63. The summed E-state index contributed by atoms with van der Waals surface area (Å²) in [5, 5.41) is 5.51. The van der Waals surface area contributed by atoms with Crippen LogP contribution < -0.4 is 10.6 Å². The Kier molecular flexibility index (Phi) is 5.62. The first kappa shape index (κ1) is 15.3. The Labute approximate surface area is 108 Å². The average Bonchev–Trinajstić information content (AvgIpc) is 2.26. The number of alkyl halides is 3. The molecule has 1 aromatic rings. The fraction of sp³-hybridized carbons (Fsp3) is 0.417. The van der Waals surface area contributed by atoms with Crippen molar-refractivity contribution in [2.45, 2.75) is 13.1 Å². The van der Waals surface area contributed by atoms with Gasteiger partial charge in [0.15, 0.2) is 0 Å². The number of hydrogen-bond donors (Lipinski definition) is 2. The van der Waals surface area contributed by atoms with Crippen molar-refractivity contribution in [1.82, 2.24) is 0 Å². The van der Waals surface area contributed by atoms with Gasteiger partial charge in [-0.3, -0.25) is 4.79 Å². The lowest BCUT2D eigenvalue weighted by Crippen LogP contribution is -2.20. The maximum Gasteiger partial charge on any atom is 0.411 e. The normalized spacial score (nSPS) is 11.2. The summed E-state index contributed by atoms with van der Waals surface area (Å²) < 4.78 is 39.8. The van der Waals surface area contributed by atoms with Crippen LogP contribution >= 0.6 is 0 Å². The van der Waals surface area contributed by atoms with Gasteiger partial charge in [0.1, 0.15) is 6.61 Å². The number of hydrogen-bond acceptors (Lipinski definition) is 3. The monoisotopic (exact) mass is 276 g/mol. The van der Waals surface area contributed by atoms with Crippen LogP contribution in [0.3, 0.4) is 0 Å². The lowest BCUT2D eigenvalue weighted by Gasteiger charge is -2.10. The zero-order valence-corrected chi connectivity index (χ0v) is 10.4. The topological polar surface area (TPSA) is 50.4 Å². The van der Waals surface area contributed by atoms with Crippen LogP contribution in [0.25, 0.3) is 0 Å². The molecule has 0 radical (unpaired) electrons. The fourth-order valence-electron chi connectivity index (χ4n) is 1.37. The molecule has 2 N–H and O–H groups in total. The molecule has 19 heavy (non-hydrogen) atoms. The number of carbonyl (C=O) groups is 1.